The molecule has 0 saturated carbocycles. The minimum atomic E-state index is -2.18. The molecule has 17 heavy (non-hydrogen) atoms. The van der Waals surface area contributed by atoms with E-state index in [4.69, 9.17) is 9.05 Å². The summed E-state index contributed by atoms with van der Waals surface area (Å²) in [5.41, 5.74) is 0. The molecular weight excluding hydrogens is 282 g/mol. The molecule has 5 heteroatoms. The molecule has 0 N–H and O–H groups in total. The summed E-state index contributed by atoms with van der Waals surface area (Å²) in [6.45, 7) is 0. The Morgan fingerprint density at radius 3 is 1.41 bits per heavy atom. The molecule has 0 aromatic heterocycles. The van der Waals surface area contributed by atoms with Crippen LogP contribution in [0.3, 0.4) is 0 Å². The average molecular weight is 292 g/mol. The van der Waals surface area contributed by atoms with Crippen molar-refractivity contribution in [2.75, 3.05) is 0 Å². The van der Waals surface area contributed by atoms with E-state index in [-0.39, 0.29) is 16.8 Å². The first-order chi connectivity index (χ1) is 7.84. The predicted molar refractivity (Wildman–Crippen MR) is 61.7 cm³/mol. The Morgan fingerprint density at radius 1 is 0.706 bits per heavy atom. The van der Waals surface area contributed by atoms with Crippen LogP contribution in [0.2, 0.25) is 0 Å². The summed E-state index contributed by atoms with van der Waals surface area (Å²) < 4.78 is 21.7. The summed E-state index contributed by atoms with van der Waals surface area (Å²) in [4.78, 5) is 0. The van der Waals surface area contributed by atoms with Gasteiger partial charge in [0.25, 0.3) is 0 Å². The Kier molecular flexibility index (Phi) is 5.70. The Hall–Kier alpha value is -1.35. The van der Waals surface area contributed by atoms with Crippen LogP contribution in [0.5, 0.6) is 11.5 Å². The van der Waals surface area contributed by atoms with Crippen LogP contribution in [-0.4, -0.2) is 0 Å². The zero-order chi connectivity index (χ0) is 11.2. The van der Waals surface area contributed by atoms with Crippen LogP contribution < -0.4 is 9.05 Å². The van der Waals surface area contributed by atoms with Gasteiger partial charge in [-0.2, -0.15) is 0 Å². The fraction of sp³-hybridized carbons (Fsp3) is 0. The van der Waals surface area contributed by atoms with Gasteiger partial charge in [0.05, 0.1) is 0 Å². The number of hydrogen-bond donors (Lipinski definition) is 0. The summed E-state index contributed by atoms with van der Waals surface area (Å²) in [6.07, 6.45) is 0. The van der Waals surface area contributed by atoms with Gasteiger partial charge in [0.15, 0.2) is 11.5 Å². The van der Waals surface area contributed by atoms with E-state index in [1.165, 1.54) is 0 Å². The van der Waals surface area contributed by atoms with E-state index >= 15 is 0 Å². The maximum absolute atomic E-state index is 11.5. The van der Waals surface area contributed by atoms with Crippen molar-refractivity contribution >= 4 is 8.25 Å². The standard InChI is InChI=1S/C12H10O3P.Co/c13-16(14-11-7-3-1-4-8-11)15-12-9-5-2-6-10-12;/h1-10H;/q+1;. The third kappa shape index (κ3) is 4.57. The second kappa shape index (κ2) is 7.07. The first-order valence-corrected chi connectivity index (χ1v) is 5.87. The van der Waals surface area contributed by atoms with Crippen LogP contribution in [-0.2, 0) is 21.3 Å². The third-order valence-corrected chi connectivity index (χ3v) is 2.57. The molecule has 2 rings (SSSR count). The molecule has 0 amide bonds. The molecular formula is C12H10CoO3P+. The minimum absolute atomic E-state index is 0. The Bertz CT molecular complexity index is 418. The summed E-state index contributed by atoms with van der Waals surface area (Å²) in [6, 6.07) is 17.8. The molecule has 0 saturated heterocycles. The Morgan fingerprint density at radius 2 is 1.06 bits per heavy atom. The Labute approximate surface area is 111 Å². The van der Waals surface area contributed by atoms with Crippen molar-refractivity contribution in [1.29, 1.82) is 0 Å². The van der Waals surface area contributed by atoms with Gasteiger partial charge in [0.2, 0.25) is 0 Å². The van der Waals surface area contributed by atoms with Crippen LogP contribution in [0.4, 0.5) is 0 Å². The fourth-order valence-electron chi connectivity index (χ4n) is 1.15. The van der Waals surface area contributed by atoms with Gasteiger partial charge in [0.1, 0.15) is 0 Å². The molecule has 0 aliphatic heterocycles. The first kappa shape index (κ1) is 13.7. The summed E-state index contributed by atoms with van der Waals surface area (Å²) >= 11 is 0. The minimum Gasteiger partial charge on any atom is -0.222 e. The van der Waals surface area contributed by atoms with E-state index in [1.807, 2.05) is 12.1 Å². The van der Waals surface area contributed by atoms with Gasteiger partial charge in [-0.25, -0.2) is 9.05 Å². The monoisotopic (exact) mass is 292 g/mol. The van der Waals surface area contributed by atoms with Crippen molar-refractivity contribution in [1.82, 2.24) is 0 Å². The smallest absolute Gasteiger partial charge is 0.222 e. The predicted octanol–water partition coefficient (Wildman–Crippen LogP) is 3.80. The zero-order valence-electron chi connectivity index (χ0n) is 8.78. The molecule has 0 bridgehead atoms. The van der Waals surface area contributed by atoms with Gasteiger partial charge in [-0.1, -0.05) is 36.4 Å². The largest absolute Gasteiger partial charge is 0.805 e. The van der Waals surface area contributed by atoms with Crippen molar-refractivity contribution in [2.24, 2.45) is 0 Å². The second-order valence-corrected chi connectivity index (χ2v) is 3.84. The number of para-hydroxylation sites is 2. The van der Waals surface area contributed by atoms with Crippen LogP contribution in [0, 0.1) is 0 Å². The van der Waals surface area contributed by atoms with Gasteiger partial charge in [-0.05, 0) is 24.3 Å². The van der Waals surface area contributed by atoms with E-state index in [1.54, 1.807) is 48.5 Å². The van der Waals surface area contributed by atoms with E-state index < -0.39 is 8.25 Å². The molecule has 89 valence electrons. The van der Waals surface area contributed by atoms with Crippen molar-refractivity contribution in [3.8, 4) is 11.5 Å². The maximum Gasteiger partial charge on any atom is 0.805 e. The van der Waals surface area contributed by atoms with Crippen LogP contribution in [0.25, 0.3) is 0 Å². The van der Waals surface area contributed by atoms with Crippen molar-refractivity contribution in [3.63, 3.8) is 0 Å². The van der Waals surface area contributed by atoms with Crippen LogP contribution in [0.1, 0.15) is 0 Å². The van der Waals surface area contributed by atoms with Crippen LogP contribution in [0.15, 0.2) is 60.7 Å². The van der Waals surface area contributed by atoms with E-state index in [2.05, 4.69) is 0 Å². The summed E-state index contributed by atoms with van der Waals surface area (Å²) in [7, 11) is -2.18. The van der Waals surface area contributed by atoms with Gasteiger partial charge in [-0.15, -0.1) is 0 Å². The van der Waals surface area contributed by atoms with Gasteiger partial charge >= 0.3 is 8.25 Å². The zero-order valence-corrected chi connectivity index (χ0v) is 10.7. The molecule has 0 spiro atoms. The number of rotatable bonds is 4. The molecule has 0 fully saturated rings. The van der Waals surface area contributed by atoms with Crippen molar-refractivity contribution in [2.45, 2.75) is 0 Å². The van der Waals surface area contributed by atoms with Gasteiger partial charge < -0.3 is 0 Å². The van der Waals surface area contributed by atoms with Crippen molar-refractivity contribution in [3.05, 3.63) is 60.7 Å². The van der Waals surface area contributed by atoms with Crippen LogP contribution >= 0.6 is 8.25 Å². The first-order valence-electron chi connectivity index (χ1n) is 4.78. The van der Waals surface area contributed by atoms with E-state index in [0.717, 1.165) is 0 Å². The summed E-state index contributed by atoms with van der Waals surface area (Å²) in [5.74, 6) is 1.05. The molecule has 2 aromatic carbocycles. The van der Waals surface area contributed by atoms with Gasteiger partial charge in [-0.3, -0.25) is 0 Å². The molecule has 3 nitrogen and oxygen atoms in total. The fourth-order valence-corrected chi connectivity index (χ4v) is 1.78. The van der Waals surface area contributed by atoms with E-state index in [9.17, 15) is 4.57 Å². The molecule has 0 atom stereocenters. The molecule has 0 aliphatic carbocycles. The van der Waals surface area contributed by atoms with Crippen molar-refractivity contribution < 1.29 is 30.4 Å². The summed E-state index contributed by atoms with van der Waals surface area (Å²) in [5, 5.41) is 0. The quantitative estimate of drug-likeness (QED) is 0.804. The molecule has 0 heterocycles. The Balaban J connectivity index is 0.00000144. The number of hydrogen-bond acceptors (Lipinski definition) is 3. The molecule has 0 aliphatic rings. The molecule has 1 radical (unpaired) electrons. The van der Waals surface area contributed by atoms with E-state index in [0.29, 0.717) is 11.5 Å². The third-order valence-electron chi connectivity index (χ3n) is 1.85. The average Bonchev–Trinajstić information content (AvgIpc) is 2.31. The topological polar surface area (TPSA) is 35.5 Å². The normalized spacial score (nSPS) is 8.94. The molecule has 0 unspecified atom stereocenters. The second-order valence-electron chi connectivity index (χ2n) is 3.03. The molecule has 2 aromatic rings. The van der Waals surface area contributed by atoms with Gasteiger partial charge in [0, 0.05) is 21.3 Å². The SMILES string of the molecule is O=[P+](Oc1ccccc1)Oc1ccccc1.[Co]. The maximum atomic E-state index is 11.5. The number of benzene rings is 2.